The van der Waals surface area contributed by atoms with E-state index in [0.717, 1.165) is 22.7 Å². The van der Waals surface area contributed by atoms with Crippen LogP contribution >= 0.6 is 11.6 Å². The Hall–Kier alpha value is -3.54. The molecule has 2 heterocycles. The van der Waals surface area contributed by atoms with Crippen LogP contribution in [0.1, 0.15) is 18.5 Å². The molecule has 1 fully saturated rings. The molecule has 0 spiro atoms. The summed E-state index contributed by atoms with van der Waals surface area (Å²) in [5.74, 6) is 0.735. The number of urea groups is 1. The standard InChI is InChI=1S/C24H24ClN5O3/c1-28(32)23(31)29-13-11-24(16-26,12-14-29)22-15-21(17-3-5-18(25)6-4-17)30(27-22)19-7-9-20(33-2)10-8-19/h3-10,15,32H,11-14H2,1-2H3. The van der Waals surface area contributed by atoms with Crippen LogP contribution in [0.4, 0.5) is 4.79 Å². The van der Waals surface area contributed by atoms with Crippen LogP contribution in [0.2, 0.25) is 5.02 Å². The van der Waals surface area contributed by atoms with Gasteiger partial charge in [-0.05, 0) is 55.3 Å². The Labute approximate surface area is 197 Å². The molecule has 1 aromatic heterocycles. The van der Waals surface area contributed by atoms with Gasteiger partial charge >= 0.3 is 6.03 Å². The van der Waals surface area contributed by atoms with Crippen molar-refractivity contribution in [2.24, 2.45) is 0 Å². The second-order valence-corrected chi connectivity index (χ2v) is 8.46. The number of likely N-dealkylation sites (tertiary alicyclic amines) is 1. The monoisotopic (exact) mass is 465 g/mol. The Balaban J connectivity index is 1.75. The van der Waals surface area contributed by atoms with Gasteiger partial charge in [-0.15, -0.1) is 0 Å². The topological polar surface area (TPSA) is 94.6 Å². The lowest BCUT2D eigenvalue weighted by molar-refractivity contribution is -0.0365. The number of methoxy groups -OCH3 is 1. The summed E-state index contributed by atoms with van der Waals surface area (Å²) in [5.41, 5.74) is 2.38. The highest BCUT2D eigenvalue weighted by molar-refractivity contribution is 6.30. The van der Waals surface area contributed by atoms with Crippen molar-refractivity contribution in [3.05, 3.63) is 65.3 Å². The lowest BCUT2D eigenvalue weighted by Gasteiger charge is -2.36. The van der Waals surface area contributed by atoms with E-state index in [0.29, 0.717) is 41.7 Å². The Morgan fingerprint density at radius 3 is 2.36 bits per heavy atom. The lowest BCUT2D eigenvalue weighted by atomic mass is 9.77. The third-order valence-electron chi connectivity index (χ3n) is 6.04. The zero-order chi connectivity index (χ0) is 23.6. The molecule has 0 atom stereocenters. The van der Waals surface area contributed by atoms with E-state index in [1.807, 2.05) is 59.3 Å². The Morgan fingerprint density at radius 1 is 1.18 bits per heavy atom. The molecule has 33 heavy (non-hydrogen) atoms. The minimum absolute atomic E-state index is 0.350. The van der Waals surface area contributed by atoms with Crippen molar-refractivity contribution < 1.29 is 14.7 Å². The summed E-state index contributed by atoms with van der Waals surface area (Å²) in [6.45, 7) is 0.700. The summed E-state index contributed by atoms with van der Waals surface area (Å²) in [7, 11) is 2.91. The molecule has 9 heteroatoms. The van der Waals surface area contributed by atoms with Gasteiger partial charge in [0.05, 0.1) is 30.3 Å². The molecular weight excluding hydrogens is 442 g/mol. The van der Waals surface area contributed by atoms with Crippen molar-refractivity contribution in [1.29, 1.82) is 5.26 Å². The highest BCUT2D eigenvalue weighted by atomic mass is 35.5. The number of carbonyl (C=O) groups is 1. The first kappa shape index (κ1) is 22.6. The molecule has 8 nitrogen and oxygen atoms in total. The molecule has 0 radical (unpaired) electrons. The molecule has 170 valence electrons. The van der Waals surface area contributed by atoms with Crippen LogP contribution in [0.5, 0.6) is 5.75 Å². The number of rotatable bonds is 4. The predicted molar refractivity (Wildman–Crippen MR) is 124 cm³/mol. The maximum atomic E-state index is 12.1. The molecule has 1 aliphatic rings. The Kier molecular flexibility index (Phi) is 6.27. The smallest absolute Gasteiger partial charge is 0.343 e. The zero-order valence-corrected chi connectivity index (χ0v) is 19.2. The molecule has 4 rings (SSSR count). The van der Waals surface area contributed by atoms with Crippen molar-refractivity contribution >= 4 is 17.6 Å². The number of halogens is 1. The van der Waals surface area contributed by atoms with Gasteiger partial charge < -0.3 is 9.64 Å². The number of aromatic nitrogens is 2. The van der Waals surface area contributed by atoms with Gasteiger partial charge in [0.1, 0.15) is 11.2 Å². The van der Waals surface area contributed by atoms with E-state index >= 15 is 0 Å². The van der Waals surface area contributed by atoms with E-state index in [2.05, 4.69) is 6.07 Å². The van der Waals surface area contributed by atoms with Gasteiger partial charge in [0.15, 0.2) is 0 Å². The number of carbonyl (C=O) groups excluding carboxylic acids is 1. The highest BCUT2D eigenvalue weighted by Gasteiger charge is 2.41. The highest BCUT2D eigenvalue weighted by Crippen LogP contribution is 2.37. The van der Waals surface area contributed by atoms with Crippen LogP contribution in [0.3, 0.4) is 0 Å². The van der Waals surface area contributed by atoms with Gasteiger partial charge in [0.25, 0.3) is 0 Å². The van der Waals surface area contributed by atoms with E-state index in [1.54, 1.807) is 7.11 Å². The van der Waals surface area contributed by atoms with E-state index < -0.39 is 11.4 Å². The minimum Gasteiger partial charge on any atom is -0.497 e. The van der Waals surface area contributed by atoms with Crippen molar-refractivity contribution in [1.82, 2.24) is 19.7 Å². The molecule has 0 unspecified atom stereocenters. The van der Waals surface area contributed by atoms with Crippen molar-refractivity contribution in [2.75, 3.05) is 27.2 Å². The molecule has 3 aromatic rings. The van der Waals surface area contributed by atoms with Crippen LogP contribution in [-0.2, 0) is 5.41 Å². The molecule has 2 amide bonds. The lowest BCUT2D eigenvalue weighted by Crippen LogP contribution is -2.48. The number of benzene rings is 2. The molecule has 0 saturated carbocycles. The SMILES string of the molecule is COc1ccc(-n2nc(C3(C#N)CCN(C(=O)N(C)O)CC3)cc2-c2ccc(Cl)cc2)cc1. The molecule has 0 bridgehead atoms. The average Bonchev–Trinajstić information content (AvgIpc) is 3.30. The van der Waals surface area contributed by atoms with E-state index in [4.69, 9.17) is 21.4 Å². The number of hydrogen-bond donors (Lipinski definition) is 1. The average molecular weight is 466 g/mol. The van der Waals surface area contributed by atoms with E-state index in [1.165, 1.54) is 11.9 Å². The van der Waals surface area contributed by atoms with Crippen molar-refractivity contribution in [3.63, 3.8) is 0 Å². The van der Waals surface area contributed by atoms with E-state index in [-0.39, 0.29) is 0 Å². The summed E-state index contributed by atoms with van der Waals surface area (Å²) < 4.78 is 7.09. The van der Waals surface area contributed by atoms with E-state index in [9.17, 15) is 15.3 Å². The normalized spacial score (nSPS) is 15.1. The van der Waals surface area contributed by atoms with Crippen LogP contribution in [0.15, 0.2) is 54.6 Å². The Bertz CT molecular complexity index is 1170. The fourth-order valence-corrected chi connectivity index (χ4v) is 4.20. The number of nitrogens with zero attached hydrogens (tertiary/aromatic N) is 5. The number of nitriles is 1. The third kappa shape index (κ3) is 4.38. The molecule has 1 saturated heterocycles. The van der Waals surface area contributed by atoms with Gasteiger partial charge in [-0.3, -0.25) is 5.21 Å². The van der Waals surface area contributed by atoms with Crippen LogP contribution in [0, 0.1) is 11.3 Å². The number of piperidine rings is 1. The summed E-state index contributed by atoms with van der Waals surface area (Å²) in [6.07, 6.45) is 0.839. The molecule has 2 aromatic carbocycles. The second kappa shape index (κ2) is 9.14. The summed E-state index contributed by atoms with van der Waals surface area (Å²) in [6, 6.07) is 18.9. The molecule has 1 N–H and O–H groups in total. The summed E-state index contributed by atoms with van der Waals surface area (Å²) in [5, 5.41) is 25.7. The third-order valence-corrected chi connectivity index (χ3v) is 6.29. The predicted octanol–water partition coefficient (Wildman–Crippen LogP) is 4.50. The first-order chi connectivity index (χ1) is 15.9. The van der Waals surface area contributed by atoms with Gasteiger partial charge in [-0.25, -0.2) is 14.5 Å². The first-order valence-electron chi connectivity index (χ1n) is 10.5. The number of amides is 2. The van der Waals surface area contributed by atoms with Crippen molar-refractivity contribution in [3.8, 4) is 28.8 Å². The number of ether oxygens (including phenoxy) is 1. The van der Waals surface area contributed by atoms with Crippen LogP contribution in [0.25, 0.3) is 16.9 Å². The fourth-order valence-electron chi connectivity index (χ4n) is 4.07. The van der Waals surface area contributed by atoms with Crippen LogP contribution < -0.4 is 4.74 Å². The minimum atomic E-state index is -0.844. The maximum absolute atomic E-state index is 12.1. The number of hydroxylamine groups is 2. The van der Waals surface area contributed by atoms with Gasteiger partial charge in [0, 0.05) is 30.7 Å². The largest absolute Gasteiger partial charge is 0.497 e. The van der Waals surface area contributed by atoms with Crippen molar-refractivity contribution in [2.45, 2.75) is 18.3 Å². The zero-order valence-electron chi connectivity index (χ0n) is 18.4. The van der Waals surface area contributed by atoms with Gasteiger partial charge in [0.2, 0.25) is 0 Å². The molecule has 1 aliphatic heterocycles. The molecular formula is C24H24ClN5O3. The quantitative estimate of drug-likeness (QED) is 0.452. The number of hydrogen-bond acceptors (Lipinski definition) is 5. The van der Waals surface area contributed by atoms with Gasteiger partial charge in [-0.2, -0.15) is 10.4 Å². The molecule has 0 aliphatic carbocycles. The first-order valence-corrected chi connectivity index (χ1v) is 10.9. The Morgan fingerprint density at radius 2 is 1.82 bits per heavy atom. The fraction of sp³-hybridized carbons (Fsp3) is 0.292. The summed E-state index contributed by atoms with van der Waals surface area (Å²) >= 11 is 6.09. The van der Waals surface area contributed by atoms with Crippen LogP contribution in [-0.4, -0.2) is 58.2 Å². The summed E-state index contributed by atoms with van der Waals surface area (Å²) in [4.78, 5) is 13.7. The van der Waals surface area contributed by atoms with Gasteiger partial charge in [-0.1, -0.05) is 23.7 Å². The maximum Gasteiger partial charge on any atom is 0.343 e. The second-order valence-electron chi connectivity index (χ2n) is 8.02.